The highest BCUT2D eigenvalue weighted by Crippen LogP contribution is 2.33. The van der Waals surface area contributed by atoms with E-state index in [-0.39, 0.29) is 0 Å². The molecule has 0 aliphatic rings. The van der Waals surface area contributed by atoms with E-state index in [4.69, 9.17) is 21.8 Å². The van der Waals surface area contributed by atoms with Gasteiger partial charge in [0, 0.05) is 20.5 Å². The van der Waals surface area contributed by atoms with E-state index in [0.717, 1.165) is 14.3 Å². The maximum absolute atomic E-state index is 6.24. The fraction of sp³-hybridized carbons (Fsp3) is 0.0714. The Bertz CT molecular complexity index is 788. The number of hydrogen-bond acceptors (Lipinski definition) is 3. The molecule has 102 valence electrons. The lowest BCUT2D eigenvalue weighted by atomic mass is 10.1. The molecule has 0 saturated heterocycles. The number of benzene rings is 1. The number of nitrogens with two attached hydrogens (primary N) is 1. The molecule has 1 unspecified atom stereocenters. The van der Waals surface area contributed by atoms with Crippen molar-refractivity contribution in [2.24, 2.45) is 5.73 Å². The molecule has 0 fully saturated rings. The summed E-state index contributed by atoms with van der Waals surface area (Å²) in [5.41, 5.74) is 7.59. The highest BCUT2D eigenvalue weighted by Gasteiger charge is 2.19. The third kappa shape index (κ3) is 2.51. The summed E-state index contributed by atoms with van der Waals surface area (Å²) < 4.78 is 7.48. The Labute approximate surface area is 137 Å². The fourth-order valence-electron chi connectivity index (χ4n) is 1.99. The molecule has 1 aromatic carbocycles. The number of nitrogens with zero attached hydrogens (tertiary/aromatic N) is 1. The predicted molar refractivity (Wildman–Crippen MR) is 86.9 cm³/mol. The Morgan fingerprint density at radius 3 is 2.75 bits per heavy atom. The van der Waals surface area contributed by atoms with Crippen molar-refractivity contribution in [2.75, 3.05) is 0 Å². The first kappa shape index (κ1) is 14.1. The molecule has 3 nitrogen and oxygen atoms in total. The summed E-state index contributed by atoms with van der Waals surface area (Å²) in [6.07, 6.45) is 1.70. The van der Waals surface area contributed by atoms with Crippen LogP contribution in [0.3, 0.4) is 0 Å². The first-order valence-electron chi connectivity index (χ1n) is 5.81. The van der Waals surface area contributed by atoms with Gasteiger partial charge in [-0.1, -0.05) is 23.7 Å². The molecular formula is C14H9Br2ClN2O. The third-order valence-corrected chi connectivity index (χ3v) is 4.32. The van der Waals surface area contributed by atoms with Crippen molar-refractivity contribution in [1.82, 2.24) is 4.98 Å². The van der Waals surface area contributed by atoms with E-state index in [1.807, 2.05) is 24.3 Å². The van der Waals surface area contributed by atoms with Crippen LogP contribution in [0.1, 0.15) is 17.5 Å². The average molecular weight is 416 g/mol. The topological polar surface area (TPSA) is 52.0 Å². The van der Waals surface area contributed by atoms with Gasteiger partial charge in [0.2, 0.25) is 0 Å². The monoisotopic (exact) mass is 414 g/mol. The minimum Gasteiger partial charge on any atom is -0.457 e. The Morgan fingerprint density at radius 1 is 1.25 bits per heavy atom. The van der Waals surface area contributed by atoms with Crippen LogP contribution in [0.4, 0.5) is 0 Å². The first-order valence-corrected chi connectivity index (χ1v) is 7.77. The van der Waals surface area contributed by atoms with Crippen LogP contribution in [-0.4, -0.2) is 4.98 Å². The second-order valence-corrected chi connectivity index (χ2v) is 6.48. The SMILES string of the molecule is NC(c1cc2cccc(Cl)c2o1)c1ncc(Br)cc1Br. The molecular weight excluding hydrogens is 407 g/mol. The smallest absolute Gasteiger partial charge is 0.152 e. The zero-order chi connectivity index (χ0) is 14.3. The van der Waals surface area contributed by atoms with Gasteiger partial charge in [0.25, 0.3) is 0 Å². The molecule has 0 saturated carbocycles. The number of rotatable bonds is 2. The molecule has 0 aliphatic heterocycles. The van der Waals surface area contributed by atoms with E-state index >= 15 is 0 Å². The van der Waals surface area contributed by atoms with Crippen LogP contribution in [-0.2, 0) is 0 Å². The van der Waals surface area contributed by atoms with E-state index in [1.165, 1.54) is 0 Å². The van der Waals surface area contributed by atoms with Crippen LogP contribution < -0.4 is 5.73 Å². The standard InChI is InChI=1S/C14H9Br2ClN2O/c15-8-5-9(16)13(19-6-8)12(18)11-4-7-2-1-3-10(17)14(7)20-11/h1-6,12H,18H2. The van der Waals surface area contributed by atoms with Gasteiger partial charge in [-0.15, -0.1) is 0 Å². The van der Waals surface area contributed by atoms with E-state index in [1.54, 1.807) is 12.3 Å². The van der Waals surface area contributed by atoms with Crippen LogP contribution in [0.15, 0.2) is 49.9 Å². The number of pyridine rings is 1. The molecule has 3 aromatic rings. The molecule has 2 N–H and O–H groups in total. The Hall–Kier alpha value is -0.880. The largest absolute Gasteiger partial charge is 0.457 e. The van der Waals surface area contributed by atoms with E-state index < -0.39 is 6.04 Å². The normalized spacial score (nSPS) is 12.8. The Balaban J connectivity index is 2.08. The summed E-state index contributed by atoms with van der Waals surface area (Å²) in [5.74, 6) is 0.628. The van der Waals surface area contributed by atoms with Crippen LogP contribution in [0.2, 0.25) is 5.02 Å². The summed E-state index contributed by atoms with van der Waals surface area (Å²) >= 11 is 12.9. The molecule has 6 heteroatoms. The zero-order valence-electron chi connectivity index (χ0n) is 10.1. The van der Waals surface area contributed by atoms with E-state index in [2.05, 4.69) is 36.8 Å². The van der Waals surface area contributed by atoms with Crippen molar-refractivity contribution in [3.8, 4) is 0 Å². The first-order chi connectivity index (χ1) is 9.56. The van der Waals surface area contributed by atoms with Crippen molar-refractivity contribution >= 4 is 54.4 Å². The Morgan fingerprint density at radius 2 is 2.05 bits per heavy atom. The lowest BCUT2D eigenvalue weighted by Crippen LogP contribution is -2.13. The van der Waals surface area contributed by atoms with Gasteiger partial charge in [-0.25, -0.2) is 0 Å². The summed E-state index contributed by atoms with van der Waals surface area (Å²) in [7, 11) is 0. The van der Waals surface area contributed by atoms with E-state index in [9.17, 15) is 0 Å². The lowest BCUT2D eigenvalue weighted by Gasteiger charge is -2.10. The minimum absolute atomic E-state index is 0.457. The zero-order valence-corrected chi connectivity index (χ0v) is 14.0. The maximum atomic E-state index is 6.24. The van der Waals surface area contributed by atoms with Crippen LogP contribution in [0.5, 0.6) is 0 Å². The van der Waals surface area contributed by atoms with Gasteiger partial charge in [-0.05, 0) is 50.1 Å². The minimum atomic E-state index is -0.457. The van der Waals surface area contributed by atoms with Crippen molar-refractivity contribution in [2.45, 2.75) is 6.04 Å². The number of fused-ring (bicyclic) bond motifs is 1. The number of furan rings is 1. The van der Waals surface area contributed by atoms with Gasteiger partial charge in [0.05, 0.1) is 10.7 Å². The molecule has 2 aromatic heterocycles. The molecule has 0 spiro atoms. The van der Waals surface area contributed by atoms with E-state index in [0.29, 0.717) is 22.1 Å². The summed E-state index contributed by atoms with van der Waals surface area (Å²) in [6, 6.07) is 8.94. The van der Waals surface area contributed by atoms with Gasteiger partial charge in [-0.3, -0.25) is 4.98 Å². The van der Waals surface area contributed by atoms with Gasteiger partial charge < -0.3 is 10.2 Å². The average Bonchev–Trinajstić information content (AvgIpc) is 2.83. The lowest BCUT2D eigenvalue weighted by molar-refractivity contribution is 0.520. The maximum Gasteiger partial charge on any atom is 0.152 e. The molecule has 2 heterocycles. The molecule has 1 atom stereocenters. The number of hydrogen-bond donors (Lipinski definition) is 1. The van der Waals surface area contributed by atoms with Gasteiger partial charge in [0.1, 0.15) is 11.8 Å². The van der Waals surface area contributed by atoms with Crippen molar-refractivity contribution in [1.29, 1.82) is 0 Å². The summed E-state index contributed by atoms with van der Waals surface area (Å²) in [5, 5.41) is 1.50. The highest BCUT2D eigenvalue weighted by atomic mass is 79.9. The summed E-state index contributed by atoms with van der Waals surface area (Å²) in [4.78, 5) is 4.33. The van der Waals surface area contributed by atoms with Crippen LogP contribution in [0, 0.1) is 0 Å². The van der Waals surface area contributed by atoms with Crippen molar-refractivity contribution in [3.05, 3.63) is 62.0 Å². The highest BCUT2D eigenvalue weighted by molar-refractivity contribution is 9.11. The predicted octanol–water partition coefficient (Wildman–Crippen LogP) is 5.05. The molecule has 0 bridgehead atoms. The second-order valence-electron chi connectivity index (χ2n) is 4.31. The molecule has 0 aliphatic carbocycles. The molecule has 20 heavy (non-hydrogen) atoms. The summed E-state index contributed by atoms with van der Waals surface area (Å²) in [6.45, 7) is 0. The quantitative estimate of drug-likeness (QED) is 0.636. The van der Waals surface area contributed by atoms with Gasteiger partial charge >= 0.3 is 0 Å². The van der Waals surface area contributed by atoms with Crippen molar-refractivity contribution < 1.29 is 4.42 Å². The fourth-order valence-corrected chi connectivity index (χ4v) is 3.44. The molecule has 3 rings (SSSR count). The second kappa shape index (κ2) is 5.48. The molecule has 0 amide bonds. The van der Waals surface area contributed by atoms with Gasteiger partial charge in [0.15, 0.2) is 5.58 Å². The Kier molecular flexibility index (Phi) is 3.86. The van der Waals surface area contributed by atoms with Crippen molar-refractivity contribution in [3.63, 3.8) is 0 Å². The van der Waals surface area contributed by atoms with Crippen LogP contribution >= 0.6 is 43.5 Å². The number of aromatic nitrogens is 1. The number of halogens is 3. The third-order valence-electron chi connectivity index (χ3n) is 2.95. The number of para-hydroxylation sites is 1. The molecule has 0 radical (unpaired) electrons. The van der Waals surface area contributed by atoms with Crippen LogP contribution in [0.25, 0.3) is 11.0 Å². The van der Waals surface area contributed by atoms with Gasteiger partial charge in [-0.2, -0.15) is 0 Å².